The van der Waals surface area contributed by atoms with Crippen LogP contribution in [0, 0.1) is 5.82 Å². The average Bonchev–Trinajstić information content (AvgIpc) is 3.05. The number of fused-ring (bicyclic) bond motifs is 1. The summed E-state index contributed by atoms with van der Waals surface area (Å²) in [5, 5.41) is 9.79. The fourth-order valence-electron chi connectivity index (χ4n) is 3.08. The fraction of sp³-hybridized carbons (Fsp3) is 0.263. The summed E-state index contributed by atoms with van der Waals surface area (Å²) in [5.74, 6) is -0.784. The molecule has 5 nitrogen and oxygen atoms in total. The van der Waals surface area contributed by atoms with Crippen molar-refractivity contribution in [3.05, 3.63) is 66.1 Å². The van der Waals surface area contributed by atoms with Crippen LogP contribution in [0.1, 0.15) is 24.8 Å². The van der Waals surface area contributed by atoms with Crippen molar-refractivity contribution in [2.24, 2.45) is 0 Å². The van der Waals surface area contributed by atoms with Gasteiger partial charge in [0.05, 0.1) is 11.5 Å². The molecule has 0 unspecified atom stereocenters. The summed E-state index contributed by atoms with van der Waals surface area (Å²) >= 11 is 0. The number of halogens is 1. The minimum atomic E-state index is -3.91. The topological polar surface area (TPSA) is 82.2 Å². The molecule has 1 aromatic heterocycles. The molecule has 0 aliphatic heterocycles. The highest BCUT2D eigenvalue weighted by molar-refractivity contribution is 7.89. The molecule has 0 saturated heterocycles. The summed E-state index contributed by atoms with van der Waals surface area (Å²) in [6.45, 7) is 1.78. The standard InChI is InChI=1S/C19H21FN2O3S/c1-13(23)10-15(14-6-3-2-4-7-14)11-22-26(24,25)18-12-21-17-9-5-8-16(20)19(17)18/h2-9,12-13,15,21-23H,10-11H2,1H3/t13-,15-/m0/s1. The molecular formula is C19H21FN2O3S. The molecule has 0 saturated carbocycles. The smallest absolute Gasteiger partial charge is 0.242 e. The minimum absolute atomic E-state index is 0.0480. The fourth-order valence-corrected chi connectivity index (χ4v) is 4.35. The highest BCUT2D eigenvalue weighted by Crippen LogP contribution is 2.26. The first-order valence-corrected chi connectivity index (χ1v) is 9.85. The molecule has 2 atom stereocenters. The molecule has 0 bridgehead atoms. The van der Waals surface area contributed by atoms with E-state index in [1.165, 1.54) is 18.3 Å². The lowest BCUT2D eigenvalue weighted by molar-refractivity contribution is 0.174. The summed E-state index contributed by atoms with van der Waals surface area (Å²) in [6, 6.07) is 13.8. The van der Waals surface area contributed by atoms with Crippen molar-refractivity contribution in [2.75, 3.05) is 6.54 Å². The first kappa shape index (κ1) is 18.6. The predicted molar refractivity (Wildman–Crippen MR) is 98.9 cm³/mol. The number of sulfonamides is 1. The highest BCUT2D eigenvalue weighted by Gasteiger charge is 2.23. The Labute approximate surface area is 151 Å². The van der Waals surface area contributed by atoms with Gasteiger partial charge in [-0.2, -0.15) is 0 Å². The van der Waals surface area contributed by atoms with Crippen LogP contribution in [0.3, 0.4) is 0 Å². The van der Waals surface area contributed by atoms with E-state index in [2.05, 4.69) is 9.71 Å². The van der Waals surface area contributed by atoms with Crippen molar-refractivity contribution in [3.63, 3.8) is 0 Å². The zero-order valence-electron chi connectivity index (χ0n) is 14.3. The number of aromatic amines is 1. The third kappa shape index (κ3) is 3.95. The van der Waals surface area contributed by atoms with Crippen LogP contribution in [0.2, 0.25) is 0 Å². The largest absolute Gasteiger partial charge is 0.393 e. The molecule has 3 N–H and O–H groups in total. The molecule has 3 aromatic rings. The number of nitrogens with one attached hydrogen (secondary N) is 2. The van der Waals surface area contributed by atoms with Gasteiger partial charge >= 0.3 is 0 Å². The van der Waals surface area contributed by atoms with Crippen LogP contribution >= 0.6 is 0 Å². The van der Waals surface area contributed by atoms with Crippen molar-refractivity contribution in [3.8, 4) is 0 Å². The highest BCUT2D eigenvalue weighted by atomic mass is 32.2. The van der Waals surface area contributed by atoms with E-state index in [0.717, 1.165) is 5.56 Å². The Bertz CT molecular complexity index is 984. The van der Waals surface area contributed by atoms with Gasteiger partial charge in [0, 0.05) is 18.3 Å². The van der Waals surface area contributed by atoms with Crippen molar-refractivity contribution in [1.82, 2.24) is 9.71 Å². The summed E-state index contributed by atoms with van der Waals surface area (Å²) in [6.07, 6.45) is 1.13. The van der Waals surface area contributed by atoms with Crippen molar-refractivity contribution in [1.29, 1.82) is 0 Å². The summed E-state index contributed by atoms with van der Waals surface area (Å²) in [5.41, 5.74) is 1.36. The number of benzene rings is 2. The van der Waals surface area contributed by atoms with Crippen molar-refractivity contribution >= 4 is 20.9 Å². The van der Waals surface area contributed by atoms with Crippen LogP contribution in [-0.2, 0) is 10.0 Å². The maximum absolute atomic E-state index is 14.1. The molecule has 7 heteroatoms. The monoisotopic (exact) mass is 376 g/mol. The maximum atomic E-state index is 14.1. The third-order valence-corrected chi connectivity index (χ3v) is 5.77. The second-order valence-corrected chi connectivity index (χ2v) is 8.09. The SMILES string of the molecule is C[C@H](O)C[C@@H](CNS(=O)(=O)c1c[nH]c2cccc(F)c12)c1ccccc1. The first-order valence-electron chi connectivity index (χ1n) is 8.37. The van der Waals surface area contributed by atoms with Crippen molar-refractivity contribution in [2.45, 2.75) is 30.3 Å². The molecule has 2 aromatic carbocycles. The Balaban J connectivity index is 1.86. The van der Waals surface area contributed by atoms with Gasteiger partial charge in [0.15, 0.2) is 0 Å². The van der Waals surface area contributed by atoms with Gasteiger partial charge in [0.2, 0.25) is 10.0 Å². The van der Waals surface area contributed by atoms with Gasteiger partial charge in [-0.1, -0.05) is 36.4 Å². The van der Waals surface area contributed by atoms with Gasteiger partial charge in [-0.3, -0.25) is 0 Å². The Kier molecular flexibility index (Phi) is 5.41. The Morgan fingerprint density at radius 2 is 1.88 bits per heavy atom. The zero-order chi connectivity index (χ0) is 18.7. The molecule has 26 heavy (non-hydrogen) atoms. The number of aliphatic hydroxyl groups excluding tert-OH is 1. The number of hydrogen-bond acceptors (Lipinski definition) is 3. The van der Waals surface area contributed by atoms with E-state index in [9.17, 15) is 17.9 Å². The number of aliphatic hydroxyl groups is 1. The van der Waals surface area contributed by atoms with Crippen LogP contribution in [0.4, 0.5) is 4.39 Å². The first-order chi connectivity index (χ1) is 12.4. The Morgan fingerprint density at radius 1 is 1.15 bits per heavy atom. The van der Waals surface area contributed by atoms with Crippen LogP contribution in [0.15, 0.2) is 59.6 Å². The minimum Gasteiger partial charge on any atom is -0.393 e. The molecule has 0 amide bonds. The second-order valence-electron chi connectivity index (χ2n) is 6.36. The van der Waals surface area contributed by atoms with Crippen molar-refractivity contribution < 1.29 is 17.9 Å². The van der Waals surface area contributed by atoms with Gasteiger partial charge in [-0.25, -0.2) is 17.5 Å². The molecule has 0 fully saturated rings. The molecule has 1 heterocycles. The molecule has 3 rings (SSSR count). The van der Waals surface area contributed by atoms with Gasteiger partial charge in [0.1, 0.15) is 10.7 Å². The molecule has 0 radical (unpaired) electrons. The third-order valence-electron chi connectivity index (χ3n) is 4.32. The van der Waals surface area contributed by atoms with Gasteiger partial charge in [-0.15, -0.1) is 0 Å². The Morgan fingerprint density at radius 3 is 2.58 bits per heavy atom. The van der Waals surface area contributed by atoms with E-state index >= 15 is 0 Å². The molecule has 138 valence electrons. The summed E-state index contributed by atoms with van der Waals surface area (Å²) in [4.78, 5) is 2.67. The lowest BCUT2D eigenvalue weighted by atomic mass is 9.94. The summed E-state index contributed by atoms with van der Waals surface area (Å²) in [7, 11) is -3.91. The average molecular weight is 376 g/mol. The normalized spacial score (nSPS) is 14.4. The molecule has 0 aliphatic carbocycles. The van der Waals surface area contributed by atoms with E-state index < -0.39 is 21.9 Å². The van der Waals surface area contributed by atoms with E-state index in [1.54, 1.807) is 13.0 Å². The number of H-pyrrole nitrogens is 1. The second kappa shape index (κ2) is 7.57. The number of aromatic nitrogens is 1. The van der Waals surface area contributed by atoms with Gasteiger partial charge < -0.3 is 10.1 Å². The number of hydrogen-bond donors (Lipinski definition) is 3. The Hall–Kier alpha value is -2.22. The molecule has 0 spiro atoms. The van der Waals surface area contributed by atoms with Crippen LogP contribution < -0.4 is 4.72 Å². The number of rotatable bonds is 7. The van der Waals surface area contributed by atoms with E-state index in [0.29, 0.717) is 11.9 Å². The summed E-state index contributed by atoms with van der Waals surface area (Å²) < 4.78 is 42.1. The molecule has 0 aliphatic rings. The lowest BCUT2D eigenvalue weighted by Crippen LogP contribution is -2.29. The molecular weight excluding hydrogens is 355 g/mol. The predicted octanol–water partition coefficient (Wildman–Crippen LogP) is 3.14. The van der Waals surface area contributed by atoms with Crippen LogP contribution in [0.5, 0.6) is 0 Å². The van der Waals surface area contributed by atoms with Gasteiger partial charge in [0.25, 0.3) is 0 Å². The maximum Gasteiger partial charge on any atom is 0.242 e. The zero-order valence-corrected chi connectivity index (χ0v) is 15.1. The van der Waals surface area contributed by atoms with Gasteiger partial charge in [-0.05, 0) is 37.0 Å². The van der Waals surface area contributed by atoms with Crippen LogP contribution in [-0.4, -0.2) is 31.2 Å². The quantitative estimate of drug-likeness (QED) is 0.592. The van der Waals surface area contributed by atoms with E-state index in [1.807, 2.05) is 30.3 Å². The van der Waals surface area contributed by atoms with Crippen LogP contribution in [0.25, 0.3) is 10.9 Å². The van der Waals surface area contributed by atoms with E-state index in [-0.39, 0.29) is 22.7 Å². The lowest BCUT2D eigenvalue weighted by Gasteiger charge is -2.19. The van der Waals surface area contributed by atoms with E-state index in [4.69, 9.17) is 0 Å².